The van der Waals surface area contributed by atoms with Crippen LogP contribution in [-0.4, -0.2) is 10.1 Å². The number of thioether (sulfide) groups is 1. The molecule has 1 atom stereocenters. The Morgan fingerprint density at radius 1 is 1.22 bits per heavy atom. The van der Waals surface area contributed by atoms with E-state index in [-0.39, 0.29) is 11.2 Å². The Balaban J connectivity index is 2.12. The summed E-state index contributed by atoms with van der Waals surface area (Å²) in [4.78, 5) is 5.42. The molecule has 0 aliphatic rings. The summed E-state index contributed by atoms with van der Waals surface area (Å²) in [5, 5.41) is 4.80. The fourth-order valence-electron chi connectivity index (χ4n) is 1.43. The Bertz CT molecular complexity index is 527. The van der Waals surface area contributed by atoms with Gasteiger partial charge in [0.15, 0.2) is 5.82 Å². The van der Waals surface area contributed by atoms with Gasteiger partial charge in [-0.1, -0.05) is 42.7 Å². The lowest BCUT2D eigenvalue weighted by Gasteiger charge is -2.07. The normalized spacial score (nSPS) is 12.9. The van der Waals surface area contributed by atoms with E-state index in [1.165, 1.54) is 0 Å². The van der Waals surface area contributed by atoms with Gasteiger partial charge in [0.1, 0.15) is 0 Å². The smallest absolute Gasteiger partial charge is 0.239 e. The van der Waals surface area contributed by atoms with E-state index in [4.69, 9.17) is 16.1 Å². The molecule has 18 heavy (non-hydrogen) atoms. The molecule has 1 aromatic heterocycles. The number of hydrogen-bond acceptors (Lipinski definition) is 4. The molecule has 0 fully saturated rings. The van der Waals surface area contributed by atoms with Gasteiger partial charge in [-0.3, -0.25) is 0 Å². The average molecular weight is 283 g/mol. The molecule has 0 aliphatic carbocycles. The quantitative estimate of drug-likeness (QED) is 0.762. The number of nitrogens with zero attached hydrogens (tertiary/aromatic N) is 2. The lowest BCUT2D eigenvalue weighted by atomic mass is 10.2. The highest BCUT2D eigenvalue weighted by Crippen LogP contribution is 2.37. The molecule has 1 heterocycles. The first-order chi connectivity index (χ1) is 8.58. The first kappa shape index (κ1) is 13.4. The highest BCUT2D eigenvalue weighted by atomic mass is 35.5. The highest BCUT2D eigenvalue weighted by molar-refractivity contribution is 7.99. The molecule has 0 aliphatic heterocycles. The van der Waals surface area contributed by atoms with Crippen LogP contribution >= 0.6 is 23.4 Å². The van der Waals surface area contributed by atoms with E-state index >= 15 is 0 Å². The van der Waals surface area contributed by atoms with Gasteiger partial charge in [0.25, 0.3) is 0 Å². The molecule has 0 bridgehead atoms. The Morgan fingerprint density at radius 2 is 1.94 bits per heavy atom. The van der Waals surface area contributed by atoms with E-state index in [0.717, 1.165) is 15.7 Å². The molecule has 0 saturated heterocycles. The van der Waals surface area contributed by atoms with Crippen LogP contribution in [0.1, 0.15) is 43.7 Å². The first-order valence-electron chi connectivity index (χ1n) is 5.82. The fraction of sp³-hybridized carbons (Fsp3) is 0.385. The van der Waals surface area contributed by atoms with Crippen molar-refractivity contribution in [2.24, 2.45) is 0 Å². The Morgan fingerprint density at radius 3 is 2.56 bits per heavy atom. The van der Waals surface area contributed by atoms with E-state index in [1.807, 2.05) is 45.0 Å². The molecule has 0 saturated carbocycles. The summed E-state index contributed by atoms with van der Waals surface area (Å²) in [6, 6.07) is 7.75. The molecule has 1 aromatic carbocycles. The maximum Gasteiger partial charge on any atom is 0.239 e. The molecule has 0 spiro atoms. The van der Waals surface area contributed by atoms with Crippen LogP contribution in [-0.2, 0) is 0 Å². The van der Waals surface area contributed by atoms with E-state index in [2.05, 4.69) is 10.1 Å². The number of benzene rings is 1. The lowest BCUT2D eigenvalue weighted by molar-refractivity contribution is 0.373. The third-order valence-electron chi connectivity index (χ3n) is 2.46. The summed E-state index contributed by atoms with van der Waals surface area (Å²) in [5.41, 5.74) is 0. The summed E-state index contributed by atoms with van der Waals surface area (Å²) >= 11 is 7.74. The minimum absolute atomic E-state index is 0.0879. The van der Waals surface area contributed by atoms with Crippen LogP contribution in [0.5, 0.6) is 0 Å². The van der Waals surface area contributed by atoms with E-state index < -0.39 is 0 Å². The van der Waals surface area contributed by atoms with Gasteiger partial charge in [0, 0.05) is 10.8 Å². The van der Waals surface area contributed by atoms with Gasteiger partial charge in [0.05, 0.1) is 10.3 Å². The summed E-state index contributed by atoms with van der Waals surface area (Å²) in [6.07, 6.45) is 0. The molecule has 0 radical (unpaired) electrons. The van der Waals surface area contributed by atoms with Gasteiger partial charge < -0.3 is 4.52 Å². The minimum Gasteiger partial charge on any atom is -0.338 e. The molecule has 1 unspecified atom stereocenters. The van der Waals surface area contributed by atoms with Crippen molar-refractivity contribution < 1.29 is 4.52 Å². The third kappa shape index (κ3) is 3.06. The fourth-order valence-corrected chi connectivity index (χ4v) is 2.61. The number of rotatable bonds is 4. The zero-order valence-electron chi connectivity index (χ0n) is 10.6. The van der Waals surface area contributed by atoms with Crippen molar-refractivity contribution in [2.75, 3.05) is 0 Å². The molecule has 2 rings (SSSR count). The van der Waals surface area contributed by atoms with Gasteiger partial charge >= 0.3 is 0 Å². The number of halogens is 1. The summed E-state index contributed by atoms with van der Waals surface area (Å²) < 4.78 is 5.27. The maximum atomic E-state index is 6.12. The second-order valence-electron chi connectivity index (χ2n) is 4.34. The zero-order chi connectivity index (χ0) is 13.1. The Labute approximate surface area is 116 Å². The SMILES string of the molecule is CC(C)c1noc(C(C)Sc2ccccc2Cl)n1. The van der Waals surface area contributed by atoms with Gasteiger partial charge in [-0.25, -0.2) is 0 Å². The predicted octanol–water partition coefficient (Wildman–Crippen LogP) is 4.70. The molecule has 0 amide bonds. The summed E-state index contributed by atoms with van der Waals surface area (Å²) in [7, 11) is 0. The third-order valence-corrected chi connectivity index (χ3v) is 4.07. The monoisotopic (exact) mass is 282 g/mol. The van der Waals surface area contributed by atoms with Crippen LogP contribution in [0.15, 0.2) is 33.7 Å². The average Bonchev–Trinajstić information content (AvgIpc) is 2.81. The van der Waals surface area contributed by atoms with Crippen molar-refractivity contribution in [1.82, 2.24) is 10.1 Å². The molecule has 0 N–H and O–H groups in total. The van der Waals surface area contributed by atoms with Crippen molar-refractivity contribution in [2.45, 2.75) is 36.8 Å². The van der Waals surface area contributed by atoms with E-state index in [0.29, 0.717) is 5.89 Å². The Kier molecular flexibility index (Phi) is 4.30. The molecular weight excluding hydrogens is 268 g/mol. The van der Waals surface area contributed by atoms with Crippen molar-refractivity contribution in [3.63, 3.8) is 0 Å². The second kappa shape index (κ2) is 5.76. The lowest BCUT2D eigenvalue weighted by Crippen LogP contribution is -1.92. The van der Waals surface area contributed by atoms with Crippen molar-refractivity contribution in [3.8, 4) is 0 Å². The van der Waals surface area contributed by atoms with Gasteiger partial charge in [0.2, 0.25) is 5.89 Å². The van der Waals surface area contributed by atoms with Crippen molar-refractivity contribution >= 4 is 23.4 Å². The van der Waals surface area contributed by atoms with Crippen LogP contribution in [0.4, 0.5) is 0 Å². The van der Waals surface area contributed by atoms with Crippen molar-refractivity contribution in [1.29, 1.82) is 0 Å². The van der Waals surface area contributed by atoms with Crippen molar-refractivity contribution in [3.05, 3.63) is 41.0 Å². The first-order valence-corrected chi connectivity index (χ1v) is 7.08. The van der Waals surface area contributed by atoms with Crippen LogP contribution in [0.3, 0.4) is 0 Å². The molecular formula is C13H15ClN2OS. The van der Waals surface area contributed by atoms with Crippen LogP contribution in [0.2, 0.25) is 5.02 Å². The highest BCUT2D eigenvalue weighted by Gasteiger charge is 2.17. The molecule has 2 aromatic rings. The van der Waals surface area contributed by atoms with E-state index in [1.54, 1.807) is 11.8 Å². The van der Waals surface area contributed by atoms with Crippen LogP contribution in [0.25, 0.3) is 0 Å². The Hall–Kier alpha value is -1.00. The van der Waals surface area contributed by atoms with Crippen LogP contribution in [0, 0.1) is 0 Å². The summed E-state index contributed by atoms with van der Waals surface area (Å²) in [6.45, 7) is 6.12. The minimum atomic E-state index is 0.0879. The number of aromatic nitrogens is 2. The van der Waals surface area contributed by atoms with Gasteiger partial charge in [-0.2, -0.15) is 4.98 Å². The number of hydrogen-bond donors (Lipinski definition) is 0. The molecule has 96 valence electrons. The van der Waals surface area contributed by atoms with Crippen LogP contribution < -0.4 is 0 Å². The largest absolute Gasteiger partial charge is 0.338 e. The zero-order valence-corrected chi connectivity index (χ0v) is 12.1. The molecule has 5 heteroatoms. The topological polar surface area (TPSA) is 38.9 Å². The molecule has 3 nitrogen and oxygen atoms in total. The van der Waals surface area contributed by atoms with Gasteiger partial charge in [-0.05, 0) is 19.1 Å². The summed E-state index contributed by atoms with van der Waals surface area (Å²) in [5.74, 6) is 1.67. The van der Waals surface area contributed by atoms with E-state index in [9.17, 15) is 0 Å². The second-order valence-corrected chi connectivity index (χ2v) is 6.13. The standard InChI is InChI=1S/C13H15ClN2OS/c1-8(2)12-15-13(17-16-12)9(3)18-11-7-5-4-6-10(11)14/h4-9H,1-3H3. The maximum absolute atomic E-state index is 6.12. The van der Waals surface area contributed by atoms with Gasteiger partial charge in [-0.15, -0.1) is 11.8 Å². The predicted molar refractivity (Wildman–Crippen MR) is 74.1 cm³/mol.